The highest BCUT2D eigenvalue weighted by molar-refractivity contribution is 5.39. The summed E-state index contributed by atoms with van der Waals surface area (Å²) in [5.41, 5.74) is 6.27. The van der Waals surface area contributed by atoms with Crippen LogP contribution in [0, 0.1) is 5.92 Å². The molecule has 64 valence electrons. The molecule has 1 heterocycles. The molecule has 0 unspecified atom stereocenters. The standard InChI is InChI=1S/C9H12N2O/c10-8-3-4-11-9(5-8)12-6-7-1-2-7/h3-5,7H,1-2,6H2,(H2,10,11). The van der Waals surface area contributed by atoms with Crippen molar-refractivity contribution in [1.82, 2.24) is 4.98 Å². The minimum absolute atomic E-state index is 0.641. The first-order chi connectivity index (χ1) is 5.84. The van der Waals surface area contributed by atoms with Gasteiger partial charge in [-0.1, -0.05) is 0 Å². The normalized spacial score (nSPS) is 16.0. The molecule has 0 bridgehead atoms. The molecule has 0 amide bonds. The summed E-state index contributed by atoms with van der Waals surface area (Å²) in [6, 6.07) is 3.51. The van der Waals surface area contributed by atoms with Gasteiger partial charge < -0.3 is 10.5 Å². The molecule has 1 saturated carbocycles. The van der Waals surface area contributed by atoms with E-state index in [4.69, 9.17) is 10.5 Å². The number of anilines is 1. The first-order valence-electron chi connectivity index (χ1n) is 4.19. The predicted molar refractivity (Wildman–Crippen MR) is 46.9 cm³/mol. The lowest BCUT2D eigenvalue weighted by molar-refractivity contribution is 0.288. The van der Waals surface area contributed by atoms with Crippen LogP contribution in [0.1, 0.15) is 12.8 Å². The quantitative estimate of drug-likeness (QED) is 0.735. The second-order valence-electron chi connectivity index (χ2n) is 3.18. The summed E-state index contributed by atoms with van der Waals surface area (Å²) in [6.45, 7) is 0.788. The number of pyridine rings is 1. The Morgan fingerprint density at radius 3 is 3.08 bits per heavy atom. The van der Waals surface area contributed by atoms with Crippen LogP contribution in [0.3, 0.4) is 0 Å². The fourth-order valence-corrected chi connectivity index (χ4v) is 0.991. The molecular weight excluding hydrogens is 152 g/mol. The van der Waals surface area contributed by atoms with Gasteiger partial charge in [-0.15, -0.1) is 0 Å². The van der Waals surface area contributed by atoms with Crippen molar-refractivity contribution in [3.05, 3.63) is 18.3 Å². The zero-order valence-corrected chi connectivity index (χ0v) is 6.86. The zero-order valence-electron chi connectivity index (χ0n) is 6.86. The van der Waals surface area contributed by atoms with Crippen LogP contribution in [0.4, 0.5) is 5.69 Å². The molecule has 2 N–H and O–H groups in total. The highest BCUT2D eigenvalue weighted by atomic mass is 16.5. The molecule has 2 rings (SSSR count). The van der Waals surface area contributed by atoms with Crippen LogP contribution in [0.15, 0.2) is 18.3 Å². The second-order valence-corrected chi connectivity index (χ2v) is 3.18. The lowest BCUT2D eigenvalue weighted by Crippen LogP contribution is -2.00. The Labute approximate surface area is 71.6 Å². The highest BCUT2D eigenvalue weighted by Crippen LogP contribution is 2.29. The summed E-state index contributed by atoms with van der Waals surface area (Å²) >= 11 is 0. The molecule has 0 saturated heterocycles. The maximum Gasteiger partial charge on any atom is 0.215 e. The second kappa shape index (κ2) is 3.01. The molecule has 1 aliphatic rings. The topological polar surface area (TPSA) is 48.1 Å². The maximum absolute atomic E-state index is 5.56. The number of ether oxygens (including phenoxy) is 1. The van der Waals surface area contributed by atoms with Crippen molar-refractivity contribution in [2.24, 2.45) is 5.92 Å². The first-order valence-corrected chi connectivity index (χ1v) is 4.19. The third-order valence-electron chi connectivity index (χ3n) is 1.92. The summed E-state index contributed by atoms with van der Waals surface area (Å²) in [6.07, 6.45) is 4.25. The van der Waals surface area contributed by atoms with Crippen molar-refractivity contribution in [2.75, 3.05) is 12.3 Å². The Morgan fingerprint density at radius 1 is 1.58 bits per heavy atom. The molecule has 1 aromatic heterocycles. The molecule has 0 spiro atoms. The molecule has 0 aromatic carbocycles. The smallest absolute Gasteiger partial charge is 0.215 e. The number of nitrogens with zero attached hydrogens (tertiary/aromatic N) is 1. The molecule has 0 aliphatic heterocycles. The lowest BCUT2D eigenvalue weighted by atomic mass is 10.4. The van der Waals surface area contributed by atoms with Gasteiger partial charge in [0, 0.05) is 18.0 Å². The Morgan fingerprint density at radius 2 is 2.42 bits per heavy atom. The average molecular weight is 164 g/mol. The van der Waals surface area contributed by atoms with Crippen molar-refractivity contribution in [3.63, 3.8) is 0 Å². The van der Waals surface area contributed by atoms with Crippen LogP contribution in [0.2, 0.25) is 0 Å². The van der Waals surface area contributed by atoms with Crippen LogP contribution < -0.4 is 10.5 Å². The Balaban J connectivity index is 1.92. The van der Waals surface area contributed by atoms with Crippen LogP contribution in [-0.2, 0) is 0 Å². The number of hydrogen-bond donors (Lipinski definition) is 1. The fourth-order valence-electron chi connectivity index (χ4n) is 0.991. The van der Waals surface area contributed by atoms with Crippen LogP contribution in [0.5, 0.6) is 5.88 Å². The molecular formula is C9H12N2O. The van der Waals surface area contributed by atoms with E-state index in [9.17, 15) is 0 Å². The molecule has 0 atom stereocenters. The van der Waals surface area contributed by atoms with Gasteiger partial charge in [-0.3, -0.25) is 0 Å². The van der Waals surface area contributed by atoms with Crippen molar-refractivity contribution in [2.45, 2.75) is 12.8 Å². The van der Waals surface area contributed by atoms with Crippen molar-refractivity contribution < 1.29 is 4.74 Å². The van der Waals surface area contributed by atoms with Gasteiger partial charge >= 0.3 is 0 Å². The van der Waals surface area contributed by atoms with E-state index in [2.05, 4.69) is 4.98 Å². The summed E-state index contributed by atoms with van der Waals surface area (Å²) in [4.78, 5) is 4.04. The SMILES string of the molecule is Nc1ccnc(OCC2CC2)c1. The van der Waals surface area contributed by atoms with E-state index in [0.29, 0.717) is 11.6 Å². The predicted octanol–water partition coefficient (Wildman–Crippen LogP) is 1.45. The third-order valence-corrected chi connectivity index (χ3v) is 1.92. The van der Waals surface area contributed by atoms with Gasteiger partial charge in [-0.05, 0) is 24.8 Å². The van der Waals surface area contributed by atoms with E-state index in [-0.39, 0.29) is 0 Å². The summed E-state index contributed by atoms with van der Waals surface area (Å²) in [7, 11) is 0. The molecule has 3 heteroatoms. The number of rotatable bonds is 3. The van der Waals surface area contributed by atoms with E-state index in [1.807, 2.05) is 0 Å². The van der Waals surface area contributed by atoms with Gasteiger partial charge in [0.05, 0.1) is 6.61 Å². The van der Waals surface area contributed by atoms with E-state index in [1.54, 1.807) is 18.3 Å². The number of hydrogen-bond acceptors (Lipinski definition) is 3. The Hall–Kier alpha value is -1.25. The van der Waals surface area contributed by atoms with Crippen LogP contribution in [-0.4, -0.2) is 11.6 Å². The summed E-state index contributed by atoms with van der Waals surface area (Å²) < 4.78 is 5.42. The Kier molecular flexibility index (Phi) is 1.86. The summed E-state index contributed by atoms with van der Waals surface area (Å²) in [5, 5.41) is 0. The average Bonchev–Trinajstić information content (AvgIpc) is 2.84. The molecule has 0 radical (unpaired) electrons. The van der Waals surface area contributed by atoms with E-state index in [1.165, 1.54) is 12.8 Å². The van der Waals surface area contributed by atoms with Crippen molar-refractivity contribution in [1.29, 1.82) is 0 Å². The largest absolute Gasteiger partial charge is 0.477 e. The van der Waals surface area contributed by atoms with E-state index >= 15 is 0 Å². The molecule has 3 nitrogen and oxygen atoms in total. The van der Waals surface area contributed by atoms with Crippen LogP contribution >= 0.6 is 0 Å². The van der Waals surface area contributed by atoms with Crippen LogP contribution in [0.25, 0.3) is 0 Å². The molecule has 1 fully saturated rings. The number of aromatic nitrogens is 1. The highest BCUT2D eigenvalue weighted by Gasteiger charge is 2.21. The number of nitrogens with two attached hydrogens (primary N) is 1. The van der Waals surface area contributed by atoms with Gasteiger partial charge in [0.2, 0.25) is 5.88 Å². The number of nitrogen functional groups attached to an aromatic ring is 1. The minimum Gasteiger partial charge on any atom is -0.477 e. The monoisotopic (exact) mass is 164 g/mol. The van der Waals surface area contributed by atoms with Gasteiger partial charge in [0.25, 0.3) is 0 Å². The Bertz CT molecular complexity index is 271. The minimum atomic E-state index is 0.641. The van der Waals surface area contributed by atoms with E-state index < -0.39 is 0 Å². The van der Waals surface area contributed by atoms with Gasteiger partial charge in [-0.25, -0.2) is 4.98 Å². The van der Waals surface area contributed by atoms with Gasteiger partial charge in [-0.2, -0.15) is 0 Å². The van der Waals surface area contributed by atoms with Gasteiger partial charge in [0.1, 0.15) is 0 Å². The van der Waals surface area contributed by atoms with Crippen molar-refractivity contribution in [3.8, 4) is 5.88 Å². The lowest BCUT2D eigenvalue weighted by Gasteiger charge is -2.03. The van der Waals surface area contributed by atoms with Gasteiger partial charge in [0.15, 0.2) is 0 Å². The summed E-state index contributed by atoms with van der Waals surface area (Å²) in [5.74, 6) is 1.40. The van der Waals surface area contributed by atoms with E-state index in [0.717, 1.165) is 12.5 Å². The molecule has 1 aliphatic carbocycles. The first kappa shape index (κ1) is 7.40. The maximum atomic E-state index is 5.56. The molecule has 12 heavy (non-hydrogen) atoms. The molecule has 1 aromatic rings. The third kappa shape index (κ3) is 1.87. The zero-order chi connectivity index (χ0) is 8.39. The van der Waals surface area contributed by atoms with Crippen molar-refractivity contribution >= 4 is 5.69 Å². The fraction of sp³-hybridized carbons (Fsp3) is 0.444.